The van der Waals surface area contributed by atoms with Gasteiger partial charge in [0.2, 0.25) is 5.91 Å². The van der Waals surface area contributed by atoms with Crippen LogP contribution in [-0.2, 0) is 24.3 Å². The Morgan fingerprint density at radius 1 is 1.12 bits per heavy atom. The third-order valence-corrected chi connectivity index (χ3v) is 6.26. The molecule has 0 fully saturated rings. The molecule has 1 aliphatic heterocycles. The molecule has 8 nitrogen and oxygen atoms in total. The van der Waals surface area contributed by atoms with Crippen molar-refractivity contribution in [2.45, 2.75) is 45.7 Å². The zero-order valence-corrected chi connectivity index (χ0v) is 19.5. The van der Waals surface area contributed by atoms with Crippen LogP contribution in [0, 0.1) is 17.5 Å². The molecule has 174 valence electrons. The molecule has 2 aromatic heterocycles. The van der Waals surface area contributed by atoms with Crippen molar-refractivity contribution in [1.82, 2.24) is 29.5 Å². The van der Waals surface area contributed by atoms with Gasteiger partial charge >= 0.3 is 0 Å². The summed E-state index contributed by atoms with van der Waals surface area (Å²) in [5.74, 6) is 1.24. The molecule has 0 spiro atoms. The van der Waals surface area contributed by atoms with Crippen molar-refractivity contribution in [3.63, 3.8) is 0 Å². The topological polar surface area (TPSA) is 93.4 Å². The minimum absolute atomic E-state index is 0.0839. The van der Waals surface area contributed by atoms with Gasteiger partial charge in [-0.05, 0) is 56.2 Å². The Balaban J connectivity index is 1.39. The smallest absolute Gasteiger partial charge is 0.244 e. The summed E-state index contributed by atoms with van der Waals surface area (Å²) in [5, 5.41) is 18.3. The number of fused-ring (bicyclic) bond motifs is 1. The minimum atomic E-state index is -0.526. The predicted molar refractivity (Wildman–Crippen MR) is 129 cm³/mol. The summed E-state index contributed by atoms with van der Waals surface area (Å²) in [5.41, 5.74) is 2.69. The van der Waals surface area contributed by atoms with E-state index in [9.17, 15) is 9.18 Å². The second kappa shape index (κ2) is 9.30. The number of nitrogens with zero attached hydrogens (tertiary/aromatic N) is 5. The van der Waals surface area contributed by atoms with Crippen molar-refractivity contribution in [2.24, 2.45) is 0 Å². The number of nitrogens with one attached hydrogen (secondary N) is 2. The average molecular weight is 478 g/mol. The molecule has 1 amide bonds. The Bertz CT molecular complexity index is 1420. The fourth-order valence-electron chi connectivity index (χ4n) is 4.26. The van der Waals surface area contributed by atoms with E-state index in [0.717, 1.165) is 49.2 Å². The number of carbonyl (C=O) groups excluding carboxylic acids is 1. The van der Waals surface area contributed by atoms with Crippen LogP contribution in [0.25, 0.3) is 22.8 Å². The van der Waals surface area contributed by atoms with Crippen molar-refractivity contribution in [3.05, 3.63) is 64.4 Å². The van der Waals surface area contributed by atoms with E-state index in [-0.39, 0.29) is 12.2 Å². The molecule has 0 aliphatic carbocycles. The van der Waals surface area contributed by atoms with Crippen LogP contribution in [0.15, 0.2) is 42.5 Å². The van der Waals surface area contributed by atoms with Gasteiger partial charge in [-0.15, -0.1) is 10.2 Å². The monoisotopic (exact) mass is 477 g/mol. The van der Waals surface area contributed by atoms with E-state index in [0.29, 0.717) is 22.0 Å². The Morgan fingerprint density at radius 2 is 1.97 bits per heavy atom. The van der Waals surface area contributed by atoms with Gasteiger partial charge in [0, 0.05) is 24.1 Å². The van der Waals surface area contributed by atoms with Crippen molar-refractivity contribution in [3.8, 4) is 22.8 Å². The molecule has 4 aromatic rings. The van der Waals surface area contributed by atoms with Crippen molar-refractivity contribution in [2.75, 3.05) is 5.32 Å². The molecular formula is C24H24FN7OS. The molecule has 0 saturated carbocycles. The molecule has 10 heteroatoms. The van der Waals surface area contributed by atoms with E-state index in [1.807, 2.05) is 31.2 Å². The van der Waals surface area contributed by atoms with Gasteiger partial charge in [0.15, 0.2) is 16.4 Å². The second-order valence-corrected chi connectivity index (χ2v) is 8.84. The summed E-state index contributed by atoms with van der Waals surface area (Å²) >= 11 is 5.33. The Kier molecular flexibility index (Phi) is 6.06. The maximum atomic E-state index is 14.6. The number of aromatic amines is 1. The number of amides is 1. The lowest BCUT2D eigenvalue weighted by Gasteiger charge is -2.11. The fourth-order valence-corrected chi connectivity index (χ4v) is 4.46. The first kappa shape index (κ1) is 22.1. The number of halogens is 1. The van der Waals surface area contributed by atoms with Gasteiger partial charge in [-0.25, -0.2) is 4.39 Å². The van der Waals surface area contributed by atoms with Gasteiger partial charge in [0.05, 0.1) is 5.69 Å². The molecular weight excluding hydrogens is 453 g/mol. The van der Waals surface area contributed by atoms with E-state index in [1.165, 1.54) is 6.07 Å². The highest BCUT2D eigenvalue weighted by atomic mass is 32.1. The zero-order valence-electron chi connectivity index (χ0n) is 18.7. The summed E-state index contributed by atoms with van der Waals surface area (Å²) < 4.78 is 18.6. The van der Waals surface area contributed by atoms with Crippen LogP contribution in [-0.4, -0.2) is 35.4 Å². The lowest BCUT2D eigenvalue weighted by atomic mass is 10.1. The van der Waals surface area contributed by atoms with Crippen LogP contribution in [0.5, 0.6) is 0 Å². The zero-order chi connectivity index (χ0) is 23.7. The molecule has 5 rings (SSSR count). The lowest BCUT2D eigenvalue weighted by Crippen LogP contribution is -2.20. The number of benzene rings is 2. The first-order valence-electron chi connectivity index (χ1n) is 11.2. The summed E-state index contributed by atoms with van der Waals surface area (Å²) in [6.07, 6.45) is 4.17. The maximum Gasteiger partial charge on any atom is 0.244 e. The maximum absolute atomic E-state index is 14.6. The number of aromatic nitrogens is 6. The van der Waals surface area contributed by atoms with Crippen LogP contribution in [0.2, 0.25) is 0 Å². The number of hydrogen-bond acceptors (Lipinski definition) is 5. The SMILES string of the molecule is Cc1cccc(-c2n[nH]c(=S)n2CC(=O)Nc2cc(-c3nnc4n3CCCCC4)ccc2F)c1. The quantitative estimate of drug-likeness (QED) is 0.407. The van der Waals surface area contributed by atoms with E-state index < -0.39 is 11.7 Å². The van der Waals surface area contributed by atoms with Gasteiger partial charge in [-0.2, -0.15) is 5.10 Å². The molecule has 1 aliphatic rings. The average Bonchev–Trinajstić information content (AvgIpc) is 3.30. The molecule has 3 heterocycles. The highest BCUT2D eigenvalue weighted by Crippen LogP contribution is 2.27. The summed E-state index contributed by atoms with van der Waals surface area (Å²) in [6.45, 7) is 2.70. The number of H-pyrrole nitrogens is 1. The van der Waals surface area contributed by atoms with Gasteiger partial charge in [0.1, 0.15) is 18.2 Å². The lowest BCUT2D eigenvalue weighted by molar-refractivity contribution is -0.116. The number of hydrogen-bond donors (Lipinski definition) is 2. The highest BCUT2D eigenvalue weighted by Gasteiger charge is 2.18. The molecule has 0 radical (unpaired) electrons. The minimum Gasteiger partial charge on any atom is -0.322 e. The van der Waals surface area contributed by atoms with Crippen molar-refractivity contribution < 1.29 is 9.18 Å². The Hall–Kier alpha value is -3.66. The molecule has 0 saturated heterocycles. The molecule has 2 N–H and O–H groups in total. The molecule has 2 aromatic carbocycles. The highest BCUT2D eigenvalue weighted by molar-refractivity contribution is 7.71. The van der Waals surface area contributed by atoms with Crippen LogP contribution >= 0.6 is 12.2 Å². The first-order chi connectivity index (χ1) is 16.5. The van der Waals surface area contributed by atoms with Crippen LogP contribution < -0.4 is 5.32 Å². The van der Waals surface area contributed by atoms with Crippen molar-refractivity contribution in [1.29, 1.82) is 0 Å². The number of anilines is 1. The predicted octanol–water partition coefficient (Wildman–Crippen LogP) is 4.68. The third-order valence-electron chi connectivity index (χ3n) is 5.94. The number of carbonyl (C=O) groups is 1. The van der Waals surface area contributed by atoms with Crippen LogP contribution in [0.1, 0.15) is 30.7 Å². The standard InChI is InChI=1S/C24H24FN7OS/c1-15-6-5-7-16(12-15)23-29-30-24(34)32(23)14-21(33)26-19-13-17(9-10-18(19)25)22-28-27-20-8-3-2-4-11-31(20)22/h5-7,9-10,12-13H,2-4,8,11,14H2,1H3,(H,26,33)(H,30,34). The van der Waals surface area contributed by atoms with Crippen molar-refractivity contribution >= 4 is 23.8 Å². The summed E-state index contributed by atoms with van der Waals surface area (Å²) in [4.78, 5) is 12.9. The van der Waals surface area contributed by atoms with Gasteiger partial charge < -0.3 is 9.88 Å². The van der Waals surface area contributed by atoms with E-state index in [1.54, 1.807) is 16.7 Å². The molecule has 0 bridgehead atoms. The third kappa shape index (κ3) is 4.41. The fraction of sp³-hybridized carbons (Fsp3) is 0.292. The van der Waals surface area contributed by atoms with Gasteiger partial charge in [-0.1, -0.05) is 30.2 Å². The van der Waals surface area contributed by atoms with E-state index in [2.05, 4.69) is 30.3 Å². The van der Waals surface area contributed by atoms with Crippen LogP contribution in [0.3, 0.4) is 0 Å². The molecule has 34 heavy (non-hydrogen) atoms. The van der Waals surface area contributed by atoms with Gasteiger partial charge in [0.25, 0.3) is 0 Å². The normalized spacial score (nSPS) is 13.4. The van der Waals surface area contributed by atoms with E-state index in [4.69, 9.17) is 12.2 Å². The van der Waals surface area contributed by atoms with Gasteiger partial charge in [-0.3, -0.25) is 14.5 Å². The number of rotatable bonds is 5. The summed E-state index contributed by atoms with van der Waals surface area (Å²) in [7, 11) is 0. The van der Waals surface area contributed by atoms with Crippen LogP contribution in [0.4, 0.5) is 10.1 Å². The van der Waals surface area contributed by atoms with E-state index >= 15 is 0 Å². The first-order valence-corrected chi connectivity index (χ1v) is 11.6. The number of aryl methyl sites for hydroxylation is 2. The largest absolute Gasteiger partial charge is 0.322 e. The Morgan fingerprint density at radius 3 is 2.82 bits per heavy atom. The molecule has 0 atom stereocenters. The second-order valence-electron chi connectivity index (χ2n) is 8.45. The molecule has 0 unspecified atom stereocenters. The Labute approximate surface area is 200 Å². The summed E-state index contributed by atoms with van der Waals surface area (Å²) in [6, 6.07) is 12.4.